The summed E-state index contributed by atoms with van der Waals surface area (Å²) in [6.45, 7) is -0.298. The lowest BCUT2D eigenvalue weighted by molar-refractivity contribution is -0.384. The molecule has 0 aliphatic rings. The first-order valence-corrected chi connectivity index (χ1v) is 9.96. The van der Waals surface area contributed by atoms with Gasteiger partial charge in [0.15, 0.2) is 6.61 Å². The number of halogens is 2. The van der Waals surface area contributed by atoms with Gasteiger partial charge in [-0.15, -0.1) is 0 Å². The molecule has 1 N–H and O–H groups in total. The second kappa shape index (κ2) is 10.4. The van der Waals surface area contributed by atoms with Crippen LogP contribution in [0.1, 0.15) is 11.1 Å². The van der Waals surface area contributed by atoms with Crippen molar-refractivity contribution in [3.63, 3.8) is 0 Å². The Kier molecular flexibility index (Phi) is 7.45. The Bertz CT molecular complexity index is 1230. The zero-order valence-corrected chi connectivity index (χ0v) is 17.9. The van der Waals surface area contributed by atoms with E-state index in [1.54, 1.807) is 42.5 Å². The molecule has 160 valence electrons. The second-order valence-corrected chi connectivity index (χ2v) is 7.32. The lowest BCUT2D eigenvalue weighted by Crippen LogP contribution is -2.20. The minimum atomic E-state index is -0.518. The highest BCUT2D eigenvalue weighted by atomic mass is 35.5. The molecular formula is C23H15Cl2N3O4. The maximum Gasteiger partial charge on any atom is 0.269 e. The van der Waals surface area contributed by atoms with Gasteiger partial charge in [-0.3, -0.25) is 14.9 Å². The SMILES string of the molecule is N#CC(=Cc1cc(Cl)ccc1OCC(=O)Nc1ccccc1Cl)c1ccc([N+](=O)[O-])cc1. The lowest BCUT2D eigenvalue weighted by Gasteiger charge is -2.11. The van der Waals surface area contributed by atoms with Gasteiger partial charge in [0.1, 0.15) is 5.75 Å². The average molecular weight is 468 g/mol. The molecule has 1 amide bonds. The van der Waals surface area contributed by atoms with Gasteiger partial charge in [0, 0.05) is 22.7 Å². The summed E-state index contributed by atoms with van der Waals surface area (Å²) in [4.78, 5) is 22.6. The fraction of sp³-hybridized carbons (Fsp3) is 0.0435. The highest BCUT2D eigenvalue weighted by molar-refractivity contribution is 6.33. The Morgan fingerprint density at radius 2 is 1.84 bits per heavy atom. The molecule has 3 rings (SSSR count). The van der Waals surface area contributed by atoms with Crippen LogP contribution in [0.5, 0.6) is 5.75 Å². The van der Waals surface area contributed by atoms with Crippen LogP contribution < -0.4 is 10.1 Å². The number of allylic oxidation sites excluding steroid dienone is 1. The minimum absolute atomic E-state index is 0.0812. The van der Waals surface area contributed by atoms with Gasteiger partial charge in [0.25, 0.3) is 11.6 Å². The predicted octanol–water partition coefficient (Wildman–Crippen LogP) is 5.98. The number of para-hydroxylation sites is 1. The van der Waals surface area contributed by atoms with Gasteiger partial charge in [-0.1, -0.05) is 35.3 Å². The minimum Gasteiger partial charge on any atom is -0.483 e. The van der Waals surface area contributed by atoms with Crippen molar-refractivity contribution in [1.29, 1.82) is 5.26 Å². The van der Waals surface area contributed by atoms with Crippen LogP contribution in [0.25, 0.3) is 11.6 Å². The van der Waals surface area contributed by atoms with Crippen molar-refractivity contribution >= 4 is 52.1 Å². The van der Waals surface area contributed by atoms with Crippen LogP contribution in [0.2, 0.25) is 10.0 Å². The molecular weight excluding hydrogens is 453 g/mol. The molecule has 0 saturated carbocycles. The number of nitro benzene ring substituents is 1. The number of hydrogen-bond donors (Lipinski definition) is 1. The van der Waals surface area contributed by atoms with Gasteiger partial charge < -0.3 is 10.1 Å². The molecule has 0 aromatic heterocycles. The molecule has 0 spiro atoms. The maximum absolute atomic E-state index is 12.3. The highest BCUT2D eigenvalue weighted by Gasteiger charge is 2.11. The summed E-state index contributed by atoms with van der Waals surface area (Å²) in [5.74, 6) is -0.0859. The Morgan fingerprint density at radius 3 is 2.50 bits per heavy atom. The standard InChI is InChI=1S/C23H15Cl2N3O4/c24-18-7-10-22(32-14-23(29)27-21-4-2-1-3-20(21)25)16(12-18)11-17(13-26)15-5-8-19(9-6-15)28(30)31/h1-12H,14H2,(H,27,29). The van der Waals surface area contributed by atoms with E-state index in [1.165, 1.54) is 30.3 Å². The van der Waals surface area contributed by atoms with Crippen LogP contribution in [0.15, 0.2) is 66.7 Å². The summed E-state index contributed by atoms with van der Waals surface area (Å²) in [5.41, 5.74) is 1.58. The van der Waals surface area contributed by atoms with Crippen LogP contribution in [0.3, 0.4) is 0 Å². The van der Waals surface area contributed by atoms with Crippen molar-refractivity contribution in [2.45, 2.75) is 0 Å². The van der Waals surface area contributed by atoms with Crippen molar-refractivity contribution in [2.24, 2.45) is 0 Å². The Hall–Kier alpha value is -3.86. The van der Waals surface area contributed by atoms with E-state index in [9.17, 15) is 20.2 Å². The molecule has 3 aromatic carbocycles. The number of carbonyl (C=O) groups excluding carboxylic acids is 1. The van der Waals surface area contributed by atoms with E-state index < -0.39 is 10.8 Å². The average Bonchev–Trinajstić information content (AvgIpc) is 2.78. The largest absolute Gasteiger partial charge is 0.483 e. The van der Waals surface area contributed by atoms with Gasteiger partial charge >= 0.3 is 0 Å². The molecule has 3 aromatic rings. The molecule has 7 nitrogen and oxygen atoms in total. The molecule has 0 aliphatic carbocycles. The summed E-state index contributed by atoms with van der Waals surface area (Å²) in [6.07, 6.45) is 1.54. The number of anilines is 1. The maximum atomic E-state index is 12.3. The van der Waals surface area contributed by atoms with Crippen LogP contribution in [0.4, 0.5) is 11.4 Å². The molecule has 32 heavy (non-hydrogen) atoms. The van der Waals surface area contributed by atoms with E-state index in [0.717, 1.165) is 0 Å². The quantitative estimate of drug-likeness (QED) is 0.199. The number of nitriles is 1. The van der Waals surface area contributed by atoms with Gasteiger partial charge in [-0.25, -0.2) is 0 Å². The van der Waals surface area contributed by atoms with E-state index in [-0.39, 0.29) is 17.9 Å². The zero-order chi connectivity index (χ0) is 23.1. The molecule has 0 heterocycles. The first-order chi connectivity index (χ1) is 15.4. The van der Waals surface area contributed by atoms with Crippen LogP contribution in [-0.2, 0) is 4.79 Å². The Labute approximate surface area is 193 Å². The van der Waals surface area contributed by atoms with Crippen molar-refractivity contribution in [3.8, 4) is 11.8 Å². The van der Waals surface area contributed by atoms with Crippen molar-refractivity contribution < 1.29 is 14.5 Å². The molecule has 9 heteroatoms. The first kappa shape index (κ1) is 22.8. The number of rotatable bonds is 7. The topological polar surface area (TPSA) is 105 Å². The molecule has 0 saturated heterocycles. The van der Waals surface area contributed by atoms with Crippen LogP contribution >= 0.6 is 23.2 Å². The molecule has 0 bridgehead atoms. The van der Waals surface area contributed by atoms with Crippen molar-refractivity contribution in [3.05, 3.63) is 98.0 Å². The lowest BCUT2D eigenvalue weighted by atomic mass is 10.0. The van der Waals surface area contributed by atoms with E-state index in [2.05, 4.69) is 11.4 Å². The molecule has 0 radical (unpaired) electrons. The van der Waals surface area contributed by atoms with Gasteiger partial charge in [0.2, 0.25) is 0 Å². The van der Waals surface area contributed by atoms with Gasteiger partial charge in [-0.2, -0.15) is 5.26 Å². The summed E-state index contributed by atoms with van der Waals surface area (Å²) >= 11 is 12.1. The molecule has 0 unspecified atom stereocenters. The normalized spacial score (nSPS) is 10.8. The molecule has 0 fully saturated rings. The third-order valence-corrected chi connectivity index (χ3v) is 4.85. The van der Waals surface area contributed by atoms with Crippen LogP contribution in [0, 0.1) is 21.4 Å². The predicted molar refractivity (Wildman–Crippen MR) is 124 cm³/mol. The summed E-state index contributed by atoms with van der Waals surface area (Å²) in [7, 11) is 0. The van der Waals surface area contributed by atoms with E-state index in [0.29, 0.717) is 32.6 Å². The zero-order valence-electron chi connectivity index (χ0n) is 16.4. The molecule has 0 aliphatic heterocycles. The van der Waals surface area contributed by atoms with E-state index in [4.69, 9.17) is 27.9 Å². The number of nitrogens with zero attached hydrogens (tertiary/aromatic N) is 2. The Morgan fingerprint density at radius 1 is 1.12 bits per heavy atom. The number of non-ortho nitro benzene ring substituents is 1. The van der Waals surface area contributed by atoms with Crippen molar-refractivity contribution in [2.75, 3.05) is 11.9 Å². The van der Waals surface area contributed by atoms with Crippen molar-refractivity contribution in [1.82, 2.24) is 0 Å². The summed E-state index contributed by atoms with van der Waals surface area (Å²) < 4.78 is 5.64. The number of nitrogens with one attached hydrogen (secondary N) is 1. The fourth-order valence-corrected chi connectivity index (χ4v) is 3.12. The van der Waals surface area contributed by atoms with Gasteiger partial charge in [-0.05, 0) is 54.1 Å². The number of nitro groups is 1. The second-order valence-electron chi connectivity index (χ2n) is 6.47. The van der Waals surface area contributed by atoms with E-state index in [1.807, 2.05) is 0 Å². The monoisotopic (exact) mass is 467 g/mol. The first-order valence-electron chi connectivity index (χ1n) is 9.20. The summed E-state index contributed by atoms with van der Waals surface area (Å²) in [5, 5.41) is 23.9. The number of amides is 1. The van der Waals surface area contributed by atoms with Gasteiger partial charge in [0.05, 0.1) is 27.3 Å². The van der Waals surface area contributed by atoms with E-state index >= 15 is 0 Å². The number of carbonyl (C=O) groups is 1. The molecule has 0 atom stereocenters. The Balaban J connectivity index is 1.80. The van der Waals surface area contributed by atoms with Crippen LogP contribution in [-0.4, -0.2) is 17.4 Å². The third-order valence-electron chi connectivity index (χ3n) is 4.29. The smallest absolute Gasteiger partial charge is 0.269 e. The number of ether oxygens (including phenoxy) is 1. The fourth-order valence-electron chi connectivity index (χ4n) is 2.75. The number of benzene rings is 3. The summed E-state index contributed by atoms with van der Waals surface area (Å²) in [6, 6.07) is 19.2. The highest BCUT2D eigenvalue weighted by Crippen LogP contribution is 2.28. The third kappa shape index (κ3) is 5.85. The number of hydrogen-bond acceptors (Lipinski definition) is 5.